The second-order valence-corrected chi connectivity index (χ2v) is 6.05. The number of anilines is 1. The molecule has 21 heavy (non-hydrogen) atoms. The van der Waals surface area contributed by atoms with Crippen molar-refractivity contribution in [1.29, 1.82) is 0 Å². The number of carbonyl (C=O) groups is 1. The Kier molecular flexibility index (Phi) is 5.62. The smallest absolute Gasteiger partial charge is 0.223 e. The fraction of sp³-hybridized carbons (Fsp3) is 0.588. The minimum atomic E-state index is 0.280. The zero-order valence-corrected chi connectivity index (χ0v) is 13.4. The predicted octanol–water partition coefficient (Wildman–Crippen LogP) is 2.39. The summed E-state index contributed by atoms with van der Waals surface area (Å²) in [4.78, 5) is 16.7. The highest BCUT2D eigenvalue weighted by molar-refractivity contribution is 5.78. The van der Waals surface area contributed by atoms with Crippen LogP contribution in [0.3, 0.4) is 0 Å². The number of hydrogen-bond acceptors (Lipinski definition) is 3. The van der Waals surface area contributed by atoms with E-state index in [9.17, 15) is 4.79 Å². The summed E-state index contributed by atoms with van der Waals surface area (Å²) in [6, 6.07) is 8.32. The van der Waals surface area contributed by atoms with E-state index in [1.807, 2.05) is 25.1 Å². The van der Waals surface area contributed by atoms with Crippen LogP contribution in [0.2, 0.25) is 0 Å². The molecule has 116 valence electrons. The first-order chi connectivity index (χ1) is 10.1. The van der Waals surface area contributed by atoms with Crippen molar-refractivity contribution in [2.24, 2.45) is 0 Å². The number of para-hydroxylation sites is 1. The van der Waals surface area contributed by atoms with Gasteiger partial charge in [-0.2, -0.15) is 0 Å². The predicted molar refractivity (Wildman–Crippen MR) is 87.7 cm³/mol. The molecule has 0 aliphatic carbocycles. The van der Waals surface area contributed by atoms with Gasteiger partial charge in [0.15, 0.2) is 0 Å². The largest absolute Gasteiger partial charge is 0.384 e. The quantitative estimate of drug-likeness (QED) is 0.837. The highest BCUT2D eigenvalue weighted by Crippen LogP contribution is 2.33. The van der Waals surface area contributed by atoms with Crippen molar-refractivity contribution in [3.05, 3.63) is 29.8 Å². The van der Waals surface area contributed by atoms with Gasteiger partial charge in [-0.15, -0.1) is 0 Å². The SMILES string of the molecule is CCCN(CCN(C)C)C(=O)CC1CNc2ccccc21. The summed E-state index contributed by atoms with van der Waals surface area (Å²) in [5.74, 6) is 0.592. The third kappa shape index (κ3) is 4.21. The molecule has 1 amide bonds. The maximum Gasteiger partial charge on any atom is 0.223 e. The molecular formula is C17H27N3O. The number of likely N-dealkylation sites (N-methyl/N-ethyl adjacent to an activating group) is 1. The van der Waals surface area contributed by atoms with Gasteiger partial charge in [0.1, 0.15) is 0 Å². The van der Waals surface area contributed by atoms with E-state index in [1.54, 1.807) is 0 Å². The molecule has 2 rings (SSSR count). The molecule has 4 heteroatoms. The number of benzene rings is 1. The standard InChI is InChI=1S/C17H27N3O/c1-4-9-20(11-10-19(2)3)17(21)12-14-13-18-16-8-6-5-7-15(14)16/h5-8,14,18H,4,9-13H2,1-3H3. The van der Waals surface area contributed by atoms with E-state index >= 15 is 0 Å². The van der Waals surface area contributed by atoms with Gasteiger partial charge in [0.25, 0.3) is 0 Å². The zero-order chi connectivity index (χ0) is 15.2. The van der Waals surface area contributed by atoms with Gasteiger partial charge < -0.3 is 15.1 Å². The van der Waals surface area contributed by atoms with Crippen LogP contribution in [0.15, 0.2) is 24.3 Å². The topological polar surface area (TPSA) is 35.6 Å². The van der Waals surface area contributed by atoms with Crippen molar-refractivity contribution >= 4 is 11.6 Å². The molecular weight excluding hydrogens is 262 g/mol. The van der Waals surface area contributed by atoms with Crippen LogP contribution < -0.4 is 5.32 Å². The highest BCUT2D eigenvalue weighted by atomic mass is 16.2. The molecule has 0 saturated carbocycles. The molecule has 1 atom stereocenters. The third-order valence-electron chi connectivity index (χ3n) is 4.02. The van der Waals surface area contributed by atoms with Crippen molar-refractivity contribution < 1.29 is 4.79 Å². The molecule has 0 aromatic heterocycles. The first kappa shape index (κ1) is 15.8. The van der Waals surface area contributed by atoms with Gasteiger partial charge in [0.2, 0.25) is 5.91 Å². The van der Waals surface area contributed by atoms with Crippen molar-refractivity contribution in [2.45, 2.75) is 25.7 Å². The Labute approximate surface area is 128 Å². The Hall–Kier alpha value is -1.55. The fourth-order valence-electron chi connectivity index (χ4n) is 2.83. The summed E-state index contributed by atoms with van der Waals surface area (Å²) in [5.41, 5.74) is 2.47. The van der Waals surface area contributed by atoms with E-state index in [0.717, 1.165) is 32.6 Å². The second-order valence-electron chi connectivity index (χ2n) is 6.05. The highest BCUT2D eigenvalue weighted by Gasteiger charge is 2.25. The molecule has 1 N–H and O–H groups in total. The average Bonchev–Trinajstić information content (AvgIpc) is 2.86. The first-order valence-electron chi connectivity index (χ1n) is 7.87. The van der Waals surface area contributed by atoms with Gasteiger partial charge in [-0.3, -0.25) is 4.79 Å². The van der Waals surface area contributed by atoms with Crippen LogP contribution >= 0.6 is 0 Å². The van der Waals surface area contributed by atoms with Crippen molar-refractivity contribution in [2.75, 3.05) is 45.6 Å². The van der Waals surface area contributed by atoms with Gasteiger partial charge >= 0.3 is 0 Å². The maximum absolute atomic E-state index is 12.6. The van der Waals surface area contributed by atoms with E-state index in [4.69, 9.17) is 0 Å². The summed E-state index contributed by atoms with van der Waals surface area (Å²) in [5, 5.41) is 3.40. The lowest BCUT2D eigenvalue weighted by Crippen LogP contribution is -2.38. The molecule has 0 fully saturated rings. The summed E-state index contributed by atoms with van der Waals surface area (Å²) < 4.78 is 0. The number of hydrogen-bond donors (Lipinski definition) is 1. The van der Waals surface area contributed by atoms with Crippen molar-refractivity contribution in [3.8, 4) is 0 Å². The minimum Gasteiger partial charge on any atom is -0.384 e. The van der Waals surface area contributed by atoms with Crippen LogP contribution in [0.1, 0.15) is 31.2 Å². The van der Waals surface area contributed by atoms with Gasteiger partial charge in [0, 0.05) is 44.2 Å². The lowest BCUT2D eigenvalue weighted by atomic mass is 9.97. The minimum absolute atomic E-state index is 0.280. The molecule has 0 radical (unpaired) electrons. The number of amides is 1. The zero-order valence-electron chi connectivity index (χ0n) is 13.4. The van der Waals surface area contributed by atoms with E-state index in [0.29, 0.717) is 12.3 Å². The molecule has 1 aromatic carbocycles. The normalized spacial score (nSPS) is 16.7. The fourth-order valence-corrected chi connectivity index (χ4v) is 2.83. The molecule has 1 aromatic rings. The Balaban J connectivity index is 1.96. The van der Waals surface area contributed by atoms with Crippen LogP contribution in [0, 0.1) is 0 Å². The molecule has 1 unspecified atom stereocenters. The number of fused-ring (bicyclic) bond motifs is 1. The van der Waals surface area contributed by atoms with Gasteiger partial charge in [-0.25, -0.2) is 0 Å². The van der Waals surface area contributed by atoms with Gasteiger partial charge in [-0.05, 0) is 32.1 Å². The summed E-state index contributed by atoms with van der Waals surface area (Å²) in [7, 11) is 4.09. The summed E-state index contributed by atoms with van der Waals surface area (Å²) in [6.07, 6.45) is 1.62. The lowest BCUT2D eigenvalue weighted by molar-refractivity contribution is -0.131. The Morgan fingerprint density at radius 2 is 2.00 bits per heavy atom. The van der Waals surface area contributed by atoms with Crippen molar-refractivity contribution in [1.82, 2.24) is 9.80 Å². The van der Waals surface area contributed by atoms with E-state index < -0.39 is 0 Å². The van der Waals surface area contributed by atoms with Crippen LogP contribution in [-0.4, -0.2) is 56.0 Å². The average molecular weight is 289 g/mol. The number of nitrogens with one attached hydrogen (secondary N) is 1. The molecule has 0 saturated heterocycles. The molecule has 1 heterocycles. The number of rotatable bonds is 7. The van der Waals surface area contributed by atoms with Crippen LogP contribution in [0.5, 0.6) is 0 Å². The van der Waals surface area contributed by atoms with E-state index in [-0.39, 0.29) is 5.91 Å². The lowest BCUT2D eigenvalue weighted by Gasteiger charge is -2.25. The molecule has 0 bridgehead atoms. The van der Waals surface area contributed by atoms with Gasteiger partial charge in [0.05, 0.1) is 0 Å². The molecule has 0 spiro atoms. The molecule has 4 nitrogen and oxygen atoms in total. The maximum atomic E-state index is 12.6. The number of nitrogens with zero attached hydrogens (tertiary/aromatic N) is 2. The van der Waals surface area contributed by atoms with Crippen molar-refractivity contribution in [3.63, 3.8) is 0 Å². The van der Waals surface area contributed by atoms with Gasteiger partial charge in [-0.1, -0.05) is 25.1 Å². The third-order valence-corrected chi connectivity index (χ3v) is 4.02. The van der Waals surface area contributed by atoms with Crippen LogP contribution in [0.4, 0.5) is 5.69 Å². The van der Waals surface area contributed by atoms with E-state index in [1.165, 1.54) is 11.3 Å². The second kappa shape index (κ2) is 7.46. The summed E-state index contributed by atoms with van der Waals surface area (Å²) >= 11 is 0. The Bertz CT molecular complexity index is 473. The first-order valence-corrected chi connectivity index (χ1v) is 7.87. The van der Waals surface area contributed by atoms with Crippen LogP contribution in [0.25, 0.3) is 0 Å². The van der Waals surface area contributed by atoms with E-state index in [2.05, 4.69) is 35.3 Å². The monoisotopic (exact) mass is 289 g/mol. The number of carbonyl (C=O) groups excluding carboxylic acids is 1. The molecule has 1 aliphatic rings. The molecule has 1 aliphatic heterocycles. The Morgan fingerprint density at radius 3 is 2.71 bits per heavy atom. The Morgan fingerprint density at radius 1 is 1.24 bits per heavy atom. The van der Waals surface area contributed by atoms with Crippen LogP contribution in [-0.2, 0) is 4.79 Å². The summed E-state index contributed by atoms with van der Waals surface area (Å²) in [6.45, 7) is 5.60.